The van der Waals surface area contributed by atoms with Crippen LogP contribution in [0, 0.1) is 11.6 Å². The molecule has 0 amide bonds. The molecule has 114 valence electrons. The molecule has 2 aromatic carbocycles. The molecule has 1 fully saturated rings. The molecule has 0 radical (unpaired) electrons. The van der Waals surface area contributed by atoms with Crippen LogP contribution in [0.25, 0.3) is 0 Å². The standard InChI is InChI=1S/C17H14F2O3/c18-13-6-7-14(15(19)10-13)17(11-22-17)8-9-21-16(20)12-4-2-1-3-5-12/h1-7,10H,8-9,11H2/t17-/m1/s1. The van der Waals surface area contributed by atoms with E-state index in [0.29, 0.717) is 24.2 Å². The molecular formula is C17H14F2O3. The SMILES string of the molecule is O=C(OCC[C@]1(c2ccc(F)cc2F)CO1)c1ccccc1. The van der Waals surface area contributed by atoms with Gasteiger partial charge in [-0.25, -0.2) is 13.6 Å². The topological polar surface area (TPSA) is 38.8 Å². The first-order chi connectivity index (χ1) is 10.6. The fraction of sp³-hybridized carbons (Fsp3) is 0.235. The molecule has 0 unspecified atom stereocenters. The minimum absolute atomic E-state index is 0.102. The second-order valence-electron chi connectivity index (χ2n) is 5.16. The number of carbonyl (C=O) groups is 1. The van der Waals surface area contributed by atoms with Crippen LogP contribution in [-0.2, 0) is 15.1 Å². The minimum atomic E-state index is -0.811. The van der Waals surface area contributed by atoms with Crippen molar-refractivity contribution in [2.75, 3.05) is 13.2 Å². The molecule has 0 aromatic heterocycles. The quantitative estimate of drug-likeness (QED) is 0.627. The van der Waals surface area contributed by atoms with Crippen molar-refractivity contribution in [3.8, 4) is 0 Å². The number of ether oxygens (including phenoxy) is 2. The molecule has 1 aliphatic rings. The third-order valence-corrected chi connectivity index (χ3v) is 3.66. The summed E-state index contributed by atoms with van der Waals surface area (Å²) in [6.45, 7) is 0.434. The Bertz CT molecular complexity index is 682. The summed E-state index contributed by atoms with van der Waals surface area (Å²) in [6.07, 6.45) is 0.328. The van der Waals surface area contributed by atoms with Gasteiger partial charge in [-0.3, -0.25) is 0 Å². The Balaban J connectivity index is 1.61. The van der Waals surface area contributed by atoms with Gasteiger partial charge in [0, 0.05) is 18.1 Å². The molecule has 0 bridgehead atoms. The van der Waals surface area contributed by atoms with Crippen molar-refractivity contribution in [1.29, 1.82) is 0 Å². The van der Waals surface area contributed by atoms with Crippen molar-refractivity contribution in [2.45, 2.75) is 12.0 Å². The first kappa shape index (κ1) is 14.7. The summed E-state index contributed by atoms with van der Waals surface area (Å²) in [5.41, 5.74) is -0.0553. The van der Waals surface area contributed by atoms with E-state index in [4.69, 9.17) is 9.47 Å². The fourth-order valence-corrected chi connectivity index (χ4v) is 2.35. The molecule has 0 spiro atoms. The minimum Gasteiger partial charge on any atom is -0.462 e. The normalized spacial score (nSPS) is 19.7. The Morgan fingerprint density at radius 2 is 1.91 bits per heavy atom. The second-order valence-corrected chi connectivity index (χ2v) is 5.16. The average Bonchev–Trinajstić information content (AvgIpc) is 3.28. The highest BCUT2D eigenvalue weighted by molar-refractivity contribution is 5.89. The zero-order valence-electron chi connectivity index (χ0n) is 11.7. The van der Waals surface area contributed by atoms with Crippen LogP contribution in [0.2, 0.25) is 0 Å². The first-order valence-electron chi connectivity index (χ1n) is 6.92. The van der Waals surface area contributed by atoms with E-state index in [1.807, 2.05) is 0 Å². The molecule has 0 aliphatic carbocycles. The largest absolute Gasteiger partial charge is 0.462 e. The van der Waals surface area contributed by atoms with E-state index in [0.717, 1.165) is 6.07 Å². The van der Waals surface area contributed by atoms with Gasteiger partial charge in [0.05, 0.1) is 18.8 Å². The molecule has 1 heterocycles. The Morgan fingerprint density at radius 3 is 2.55 bits per heavy atom. The molecule has 22 heavy (non-hydrogen) atoms. The molecule has 1 atom stereocenters. The van der Waals surface area contributed by atoms with E-state index in [1.54, 1.807) is 30.3 Å². The van der Waals surface area contributed by atoms with E-state index in [9.17, 15) is 13.6 Å². The van der Waals surface area contributed by atoms with Gasteiger partial charge in [0.15, 0.2) is 0 Å². The predicted molar refractivity (Wildman–Crippen MR) is 75.3 cm³/mol. The predicted octanol–water partition coefficient (Wildman–Crippen LogP) is 3.44. The Hall–Kier alpha value is -2.27. The monoisotopic (exact) mass is 304 g/mol. The van der Waals surface area contributed by atoms with Crippen molar-refractivity contribution in [1.82, 2.24) is 0 Å². The van der Waals surface area contributed by atoms with E-state index in [1.165, 1.54) is 12.1 Å². The van der Waals surface area contributed by atoms with Crippen LogP contribution in [-0.4, -0.2) is 19.2 Å². The van der Waals surface area contributed by atoms with Crippen LogP contribution in [0.3, 0.4) is 0 Å². The Morgan fingerprint density at radius 1 is 1.18 bits per heavy atom. The van der Waals surface area contributed by atoms with Gasteiger partial charge in [0.2, 0.25) is 0 Å². The van der Waals surface area contributed by atoms with Crippen LogP contribution in [0.15, 0.2) is 48.5 Å². The summed E-state index contributed by atoms with van der Waals surface area (Å²) in [4.78, 5) is 11.8. The first-order valence-corrected chi connectivity index (χ1v) is 6.92. The van der Waals surface area contributed by atoms with Crippen molar-refractivity contribution < 1.29 is 23.0 Å². The maximum absolute atomic E-state index is 13.8. The summed E-state index contributed by atoms with van der Waals surface area (Å²) in [5.74, 6) is -1.71. The number of hydrogen-bond acceptors (Lipinski definition) is 3. The zero-order valence-corrected chi connectivity index (χ0v) is 11.7. The van der Waals surface area contributed by atoms with Crippen molar-refractivity contribution >= 4 is 5.97 Å². The highest BCUT2D eigenvalue weighted by Gasteiger charge is 2.48. The van der Waals surface area contributed by atoms with Crippen LogP contribution in [0.4, 0.5) is 8.78 Å². The van der Waals surface area contributed by atoms with Gasteiger partial charge in [-0.05, 0) is 18.2 Å². The summed E-state index contributed by atoms with van der Waals surface area (Å²) in [7, 11) is 0. The highest BCUT2D eigenvalue weighted by Crippen LogP contribution is 2.43. The van der Waals surface area contributed by atoms with Gasteiger partial charge in [-0.15, -0.1) is 0 Å². The van der Waals surface area contributed by atoms with E-state index < -0.39 is 23.2 Å². The summed E-state index contributed by atoms with van der Waals surface area (Å²) < 4.78 is 37.3. The molecule has 0 saturated carbocycles. The number of esters is 1. The summed E-state index contributed by atoms with van der Waals surface area (Å²) >= 11 is 0. The smallest absolute Gasteiger partial charge is 0.338 e. The third-order valence-electron chi connectivity index (χ3n) is 3.66. The van der Waals surface area contributed by atoms with Crippen molar-refractivity contribution in [3.05, 3.63) is 71.3 Å². The van der Waals surface area contributed by atoms with E-state index in [-0.39, 0.29) is 6.61 Å². The second kappa shape index (κ2) is 5.85. The number of hydrogen-bond donors (Lipinski definition) is 0. The number of epoxide rings is 1. The number of rotatable bonds is 5. The fourth-order valence-electron chi connectivity index (χ4n) is 2.35. The summed E-state index contributed by atoms with van der Waals surface area (Å²) in [5, 5.41) is 0. The molecular weight excluding hydrogens is 290 g/mol. The lowest BCUT2D eigenvalue weighted by atomic mass is 9.96. The molecule has 1 saturated heterocycles. The highest BCUT2D eigenvalue weighted by atomic mass is 19.1. The van der Waals surface area contributed by atoms with Crippen molar-refractivity contribution in [3.63, 3.8) is 0 Å². The Labute approximate surface area is 126 Å². The lowest BCUT2D eigenvalue weighted by Gasteiger charge is -2.13. The van der Waals surface area contributed by atoms with Gasteiger partial charge in [0.25, 0.3) is 0 Å². The molecule has 2 aromatic rings. The molecule has 0 N–H and O–H groups in total. The summed E-state index contributed by atoms with van der Waals surface area (Å²) in [6, 6.07) is 12.0. The third kappa shape index (κ3) is 2.99. The van der Waals surface area contributed by atoms with Crippen LogP contribution < -0.4 is 0 Å². The lowest BCUT2D eigenvalue weighted by Crippen LogP contribution is -2.16. The average molecular weight is 304 g/mol. The van der Waals surface area contributed by atoms with E-state index in [2.05, 4.69) is 0 Å². The van der Waals surface area contributed by atoms with Crippen molar-refractivity contribution in [2.24, 2.45) is 0 Å². The van der Waals surface area contributed by atoms with Crippen LogP contribution in [0.1, 0.15) is 22.3 Å². The van der Waals surface area contributed by atoms with Crippen LogP contribution in [0.5, 0.6) is 0 Å². The molecule has 5 heteroatoms. The van der Waals surface area contributed by atoms with E-state index >= 15 is 0 Å². The Kier molecular flexibility index (Phi) is 3.90. The molecule has 3 rings (SSSR count). The van der Waals surface area contributed by atoms with Gasteiger partial charge in [-0.1, -0.05) is 24.3 Å². The number of carbonyl (C=O) groups excluding carboxylic acids is 1. The maximum Gasteiger partial charge on any atom is 0.338 e. The number of benzene rings is 2. The van der Waals surface area contributed by atoms with Crippen LogP contribution >= 0.6 is 0 Å². The lowest BCUT2D eigenvalue weighted by molar-refractivity contribution is 0.0470. The maximum atomic E-state index is 13.8. The van der Waals surface area contributed by atoms with Gasteiger partial charge in [0.1, 0.15) is 17.2 Å². The number of halogens is 2. The van der Waals surface area contributed by atoms with Gasteiger partial charge >= 0.3 is 5.97 Å². The molecule has 3 nitrogen and oxygen atoms in total. The zero-order chi connectivity index (χ0) is 15.6. The van der Waals surface area contributed by atoms with Gasteiger partial charge in [-0.2, -0.15) is 0 Å². The van der Waals surface area contributed by atoms with Gasteiger partial charge < -0.3 is 9.47 Å². The molecule has 1 aliphatic heterocycles.